The molecule has 5 nitrogen and oxygen atoms in total. The molecule has 0 amide bonds. The molecule has 0 aliphatic rings. The van der Waals surface area contributed by atoms with Crippen LogP contribution in [0.25, 0.3) is 0 Å². The minimum absolute atomic E-state index is 0.0794. The zero-order valence-electron chi connectivity index (χ0n) is 13.1. The van der Waals surface area contributed by atoms with Crippen molar-refractivity contribution in [3.63, 3.8) is 0 Å². The first kappa shape index (κ1) is 18.4. The molecular weight excluding hydrogens is 310 g/mol. The summed E-state index contributed by atoms with van der Waals surface area (Å²) in [6, 6.07) is 3.22. The van der Waals surface area contributed by atoms with Crippen molar-refractivity contribution in [3.8, 4) is 0 Å². The van der Waals surface area contributed by atoms with E-state index < -0.39 is 10.0 Å². The van der Waals surface area contributed by atoms with Crippen LogP contribution < -0.4 is 0 Å². The van der Waals surface area contributed by atoms with Gasteiger partial charge in [0.1, 0.15) is 0 Å². The molecule has 0 spiro atoms. The molecule has 0 radical (unpaired) electrons. The summed E-state index contributed by atoms with van der Waals surface area (Å²) in [6.45, 7) is 5.61. The van der Waals surface area contributed by atoms with E-state index in [-0.39, 0.29) is 10.9 Å². The van der Waals surface area contributed by atoms with E-state index in [1.54, 1.807) is 6.07 Å². The Morgan fingerprint density at radius 2 is 1.90 bits per heavy atom. The molecule has 120 valence electrons. The van der Waals surface area contributed by atoms with E-state index in [4.69, 9.17) is 11.6 Å². The number of aromatic nitrogens is 1. The lowest BCUT2D eigenvalue weighted by Gasteiger charge is -2.25. The van der Waals surface area contributed by atoms with Crippen LogP contribution in [0.15, 0.2) is 23.4 Å². The second-order valence-electron chi connectivity index (χ2n) is 5.70. The van der Waals surface area contributed by atoms with Gasteiger partial charge < -0.3 is 4.90 Å². The Morgan fingerprint density at radius 1 is 1.24 bits per heavy atom. The minimum Gasteiger partial charge on any atom is -0.308 e. The molecule has 1 heterocycles. The topological polar surface area (TPSA) is 53.5 Å². The second-order valence-corrected chi connectivity index (χ2v) is 7.85. The molecule has 1 aromatic rings. The van der Waals surface area contributed by atoms with Gasteiger partial charge in [0.25, 0.3) is 10.0 Å². The third-order valence-corrected chi connectivity index (χ3v) is 5.01. The van der Waals surface area contributed by atoms with Crippen LogP contribution >= 0.6 is 11.6 Å². The van der Waals surface area contributed by atoms with E-state index in [0.717, 1.165) is 5.56 Å². The molecule has 0 atom stereocenters. The van der Waals surface area contributed by atoms with Gasteiger partial charge in [-0.05, 0) is 31.6 Å². The van der Waals surface area contributed by atoms with Gasteiger partial charge in [0.15, 0.2) is 5.03 Å². The fraction of sp³-hybridized carbons (Fsp3) is 0.643. The van der Waals surface area contributed by atoms with Gasteiger partial charge in [-0.2, -0.15) is 4.31 Å². The Kier molecular flexibility index (Phi) is 7.06. The van der Waals surface area contributed by atoms with Gasteiger partial charge in [-0.15, -0.1) is 11.6 Å². The monoisotopic (exact) mass is 333 g/mol. The molecular formula is C14H24ClN3O2S. The average Bonchev–Trinajstić information content (AvgIpc) is 2.42. The number of hydrogen-bond acceptors (Lipinski definition) is 4. The largest absolute Gasteiger partial charge is 0.308 e. The van der Waals surface area contributed by atoms with Crippen LogP contribution in [0.2, 0.25) is 0 Å². The van der Waals surface area contributed by atoms with Gasteiger partial charge in [-0.3, -0.25) is 0 Å². The van der Waals surface area contributed by atoms with E-state index in [9.17, 15) is 8.42 Å². The van der Waals surface area contributed by atoms with Crippen molar-refractivity contribution >= 4 is 21.6 Å². The molecule has 0 bridgehead atoms. The molecule has 1 aromatic heterocycles. The van der Waals surface area contributed by atoms with Gasteiger partial charge in [-0.25, -0.2) is 13.4 Å². The number of hydrogen-bond donors (Lipinski definition) is 0. The molecule has 0 saturated heterocycles. The summed E-state index contributed by atoms with van der Waals surface area (Å²) < 4.78 is 26.9. The van der Waals surface area contributed by atoms with E-state index in [0.29, 0.717) is 25.5 Å². The highest BCUT2D eigenvalue weighted by Crippen LogP contribution is 2.16. The van der Waals surface area contributed by atoms with E-state index >= 15 is 0 Å². The Bertz CT molecular complexity index is 530. The molecule has 0 fully saturated rings. The first-order chi connectivity index (χ1) is 9.77. The van der Waals surface area contributed by atoms with Crippen LogP contribution in [0.3, 0.4) is 0 Å². The molecule has 0 aliphatic carbocycles. The fourth-order valence-electron chi connectivity index (χ4n) is 1.80. The van der Waals surface area contributed by atoms with Crippen LogP contribution in [-0.4, -0.2) is 56.3 Å². The standard InChI is InChI=1S/C14H24ClN3O2S/c1-12(2)11-18(8-7-17(3)4)21(19,20)14-6-5-13(9-15)10-16-14/h5-6,10,12H,7-9,11H2,1-4H3. The van der Waals surface area contributed by atoms with Crippen LogP contribution in [0, 0.1) is 5.92 Å². The molecule has 21 heavy (non-hydrogen) atoms. The summed E-state index contributed by atoms with van der Waals surface area (Å²) in [5.74, 6) is 0.577. The van der Waals surface area contributed by atoms with Crippen molar-refractivity contribution in [3.05, 3.63) is 23.9 Å². The predicted octanol–water partition coefficient (Wildman–Crippen LogP) is 2.03. The number of likely N-dealkylation sites (N-methyl/N-ethyl adjacent to an activating group) is 1. The summed E-state index contributed by atoms with van der Waals surface area (Å²) in [5.41, 5.74) is 0.805. The quantitative estimate of drug-likeness (QED) is 0.683. The number of sulfonamides is 1. The van der Waals surface area contributed by atoms with Crippen LogP contribution in [0.5, 0.6) is 0 Å². The Balaban J connectivity index is 3.00. The smallest absolute Gasteiger partial charge is 0.260 e. The number of rotatable bonds is 8. The van der Waals surface area contributed by atoms with Crippen molar-refractivity contribution in [2.45, 2.75) is 24.8 Å². The predicted molar refractivity (Wildman–Crippen MR) is 85.9 cm³/mol. The van der Waals surface area contributed by atoms with Crippen LogP contribution in [0.4, 0.5) is 0 Å². The van der Waals surface area contributed by atoms with Gasteiger partial charge >= 0.3 is 0 Å². The lowest BCUT2D eigenvalue weighted by molar-refractivity contribution is 0.312. The zero-order chi connectivity index (χ0) is 16.0. The molecule has 0 N–H and O–H groups in total. The highest BCUT2D eigenvalue weighted by Gasteiger charge is 2.26. The maximum absolute atomic E-state index is 12.7. The highest BCUT2D eigenvalue weighted by molar-refractivity contribution is 7.89. The van der Waals surface area contributed by atoms with E-state index in [2.05, 4.69) is 4.98 Å². The maximum atomic E-state index is 12.7. The van der Waals surface area contributed by atoms with Gasteiger partial charge in [0.2, 0.25) is 0 Å². The SMILES string of the molecule is CC(C)CN(CCN(C)C)S(=O)(=O)c1ccc(CCl)cn1. The Hall–Kier alpha value is -0.690. The van der Waals surface area contributed by atoms with Crippen LogP contribution in [-0.2, 0) is 15.9 Å². The molecule has 0 unspecified atom stereocenters. The number of halogens is 1. The van der Waals surface area contributed by atoms with Crippen molar-refractivity contribution in [1.82, 2.24) is 14.2 Å². The summed E-state index contributed by atoms with van der Waals surface area (Å²) in [4.78, 5) is 6.01. The summed E-state index contributed by atoms with van der Waals surface area (Å²) in [6.07, 6.45) is 1.51. The first-order valence-electron chi connectivity index (χ1n) is 6.93. The maximum Gasteiger partial charge on any atom is 0.260 e. The summed E-state index contributed by atoms with van der Waals surface area (Å²) >= 11 is 5.70. The van der Waals surface area contributed by atoms with Gasteiger partial charge in [-0.1, -0.05) is 19.9 Å². The van der Waals surface area contributed by atoms with Gasteiger partial charge in [0, 0.05) is 31.7 Å². The van der Waals surface area contributed by atoms with Gasteiger partial charge in [0.05, 0.1) is 0 Å². The molecule has 7 heteroatoms. The fourth-order valence-corrected chi connectivity index (χ4v) is 3.47. The first-order valence-corrected chi connectivity index (χ1v) is 8.90. The summed E-state index contributed by atoms with van der Waals surface area (Å²) in [7, 11) is 0.284. The highest BCUT2D eigenvalue weighted by atomic mass is 35.5. The van der Waals surface area contributed by atoms with Crippen molar-refractivity contribution < 1.29 is 8.42 Å². The molecule has 0 aromatic carbocycles. The normalized spacial score (nSPS) is 12.6. The number of alkyl halides is 1. The van der Waals surface area contributed by atoms with Crippen LogP contribution in [0.1, 0.15) is 19.4 Å². The number of nitrogens with zero attached hydrogens (tertiary/aromatic N) is 3. The van der Waals surface area contributed by atoms with E-state index in [1.165, 1.54) is 16.6 Å². The zero-order valence-corrected chi connectivity index (χ0v) is 14.7. The minimum atomic E-state index is -3.56. The average molecular weight is 334 g/mol. The second kappa shape index (κ2) is 8.08. The van der Waals surface area contributed by atoms with Crippen molar-refractivity contribution in [1.29, 1.82) is 0 Å². The molecule has 0 aliphatic heterocycles. The Morgan fingerprint density at radius 3 is 2.33 bits per heavy atom. The van der Waals surface area contributed by atoms with E-state index in [1.807, 2.05) is 32.8 Å². The van der Waals surface area contributed by atoms with Crippen molar-refractivity contribution in [2.24, 2.45) is 5.92 Å². The third kappa shape index (κ3) is 5.54. The summed E-state index contributed by atoms with van der Waals surface area (Å²) in [5, 5.41) is 0.0794. The molecule has 1 rings (SSSR count). The lowest BCUT2D eigenvalue weighted by atomic mass is 10.2. The van der Waals surface area contributed by atoms with Crippen molar-refractivity contribution in [2.75, 3.05) is 33.7 Å². The third-order valence-electron chi connectivity index (χ3n) is 2.92. The Labute approximate surface area is 133 Å². The number of pyridine rings is 1. The molecule has 0 saturated carbocycles. The lowest BCUT2D eigenvalue weighted by Crippen LogP contribution is -2.39.